The number of amides is 2. The van der Waals surface area contributed by atoms with Gasteiger partial charge in [-0.05, 0) is 31.2 Å². The Kier molecular flexibility index (Phi) is 8.34. The number of halogens is 1. The summed E-state index contributed by atoms with van der Waals surface area (Å²) in [7, 11) is 1.30. The van der Waals surface area contributed by atoms with Crippen LogP contribution < -0.4 is 10.1 Å². The number of hydrogen-bond donors (Lipinski definition) is 1. The minimum Gasteiger partial charge on any atom is -0.483 e. The lowest BCUT2D eigenvalue weighted by Crippen LogP contribution is -2.37. The fraction of sp³-hybridized carbons (Fsp3) is 0.318. The van der Waals surface area contributed by atoms with Crippen LogP contribution in [0.4, 0.5) is 10.1 Å². The van der Waals surface area contributed by atoms with Gasteiger partial charge in [-0.1, -0.05) is 31.2 Å². The molecule has 0 fully saturated rings. The molecule has 0 spiro atoms. The smallest absolute Gasteiger partial charge is 0.310 e. The van der Waals surface area contributed by atoms with Crippen LogP contribution in [-0.2, 0) is 14.3 Å². The Morgan fingerprint density at radius 3 is 2.43 bits per heavy atom. The van der Waals surface area contributed by atoms with Crippen molar-refractivity contribution in [3.05, 3.63) is 59.9 Å². The first-order valence-electron chi connectivity index (χ1n) is 9.50. The summed E-state index contributed by atoms with van der Waals surface area (Å²) in [5.74, 6) is -2.13. The molecule has 0 aliphatic heterocycles. The van der Waals surface area contributed by atoms with Crippen LogP contribution in [-0.4, -0.2) is 49.5 Å². The predicted octanol–water partition coefficient (Wildman–Crippen LogP) is 3.11. The van der Waals surface area contributed by atoms with Crippen molar-refractivity contribution in [2.24, 2.45) is 5.92 Å². The summed E-state index contributed by atoms with van der Waals surface area (Å²) < 4.78 is 23.9. The van der Waals surface area contributed by atoms with Crippen molar-refractivity contribution in [3.63, 3.8) is 0 Å². The molecule has 0 heterocycles. The van der Waals surface area contributed by atoms with Crippen LogP contribution in [0.5, 0.6) is 5.75 Å². The first-order valence-corrected chi connectivity index (χ1v) is 9.50. The summed E-state index contributed by atoms with van der Waals surface area (Å²) in [4.78, 5) is 38.3. The maximum absolute atomic E-state index is 13.7. The third-order valence-electron chi connectivity index (χ3n) is 4.39. The van der Waals surface area contributed by atoms with E-state index in [1.807, 2.05) is 0 Å². The normalized spacial score (nSPS) is 11.3. The Morgan fingerprint density at radius 1 is 1.10 bits per heavy atom. The molecule has 1 unspecified atom stereocenters. The predicted molar refractivity (Wildman–Crippen MR) is 110 cm³/mol. The number of ether oxygens (including phenoxy) is 2. The molecule has 2 rings (SSSR count). The van der Waals surface area contributed by atoms with Crippen molar-refractivity contribution in [2.45, 2.75) is 13.8 Å². The average molecular weight is 416 g/mol. The number of anilines is 1. The molecule has 2 aromatic rings. The fourth-order valence-electron chi connectivity index (χ4n) is 2.79. The average Bonchev–Trinajstić information content (AvgIpc) is 2.76. The number of carbonyl (C=O) groups is 3. The van der Waals surface area contributed by atoms with E-state index < -0.39 is 30.2 Å². The number of carbonyl (C=O) groups excluding carboxylic acids is 3. The number of esters is 1. The summed E-state index contributed by atoms with van der Waals surface area (Å²) in [6.07, 6.45) is 0. The number of nitrogens with zero attached hydrogens (tertiary/aromatic N) is 1. The van der Waals surface area contributed by atoms with Crippen LogP contribution in [0.1, 0.15) is 24.2 Å². The van der Waals surface area contributed by atoms with Gasteiger partial charge in [-0.25, -0.2) is 4.39 Å². The number of rotatable bonds is 9. The zero-order chi connectivity index (χ0) is 22.1. The monoisotopic (exact) mass is 416 g/mol. The van der Waals surface area contributed by atoms with E-state index in [0.29, 0.717) is 6.54 Å². The molecule has 0 aliphatic rings. The molecule has 2 amide bonds. The van der Waals surface area contributed by atoms with E-state index in [2.05, 4.69) is 5.32 Å². The quantitative estimate of drug-likeness (QED) is 0.635. The highest BCUT2D eigenvalue weighted by molar-refractivity contribution is 5.97. The molecule has 2 aromatic carbocycles. The zero-order valence-corrected chi connectivity index (χ0v) is 17.2. The summed E-state index contributed by atoms with van der Waals surface area (Å²) in [6.45, 7) is 3.64. The number of benzene rings is 2. The van der Waals surface area contributed by atoms with Gasteiger partial charge in [0.15, 0.2) is 6.61 Å². The van der Waals surface area contributed by atoms with E-state index in [9.17, 15) is 18.8 Å². The number of hydrogen-bond acceptors (Lipinski definition) is 5. The highest BCUT2D eigenvalue weighted by Crippen LogP contribution is 2.21. The van der Waals surface area contributed by atoms with E-state index in [-0.39, 0.29) is 29.5 Å². The van der Waals surface area contributed by atoms with Crippen LogP contribution in [0.3, 0.4) is 0 Å². The first-order chi connectivity index (χ1) is 14.4. The van der Waals surface area contributed by atoms with Gasteiger partial charge in [0.2, 0.25) is 0 Å². The van der Waals surface area contributed by atoms with Gasteiger partial charge in [-0.2, -0.15) is 0 Å². The van der Waals surface area contributed by atoms with Crippen molar-refractivity contribution in [1.82, 2.24) is 4.90 Å². The van der Waals surface area contributed by atoms with Crippen molar-refractivity contribution in [2.75, 3.05) is 32.1 Å². The topological polar surface area (TPSA) is 84.9 Å². The molecule has 0 saturated carbocycles. The van der Waals surface area contributed by atoms with Crippen molar-refractivity contribution < 1.29 is 28.2 Å². The minimum absolute atomic E-state index is 0.0458. The molecule has 1 atom stereocenters. The number of para-hydroxylation sites is 2. The van der Waals surface area contributed by atoms with E-state index >= 15 is 0 Å². The number of methoxy groups -OCH3 is 1. The van der Waals surface area contributed by atoms with Gasteiger partial charge in [0.1, 0.15) is 11.6 Å². The standard InChI is InChI=1S/C22H25FN2O5/c1-4-25(13-15(2)22(28)29-3)21(27)16-9-5-8-12-19(16)30-14-20(26)24-18-11-7-6-10-17(18)23/h5-12,15H,4,13-14H2,1-3H3,(H,24,26). The van der Waals surface area contributed by atoms with E-state index in [1.54, 1.807) is 44.2 Å². The maximum Gasteiger partial charge on any atom is 0.310 e. The summed E-state index contributed by atoms with van der Waals surface area (Å²) >= 11 is 0. The van der Waals surface area contributed by atoms with Crippen LogP contribution in [0.15, 0.2) is 48.5 Å². The van der Waals surface area contributed by atoms with Gasteiger partial charge in [0, 0.05) is 13.1 Å². The van der Waals surface area contributed by atoms with Crippen molar-refractivity contribution >= 4 is 23.5 Å². The third kappa shape index (κ3) is 6.04. The van der Waals surface area contributed by atoms with Gasteiger partial charge in [0.05, 0.1) is 24.3 Å². The highest BCUT2D eigenvalue weighted by atomic mass is 19.1. The highest BCUT2D eigenvalue weighted by Gasteiger charge is 2.23. The molecular weight excluding hydrogens is 391 g/mol. The Balaban J connectivity index is 2.07. The molecule has 160 valence electrons. The Morgan fingerprint density at radius 2 is 1.77 bits per heavy atom. The molecule has 0 bridgehead atoms. The summed E-state index contributed by atoms with van der Waals surface area (Å²) in [6, 6.07) is 12.3. The lowest BCUT2D eigenvalue weighted by molar-refractivity contribution is -0.145. The van der Waals surface area contributed by atoms with E-state index in [0.717, 1.165) is 0 Å². The SMILES string of the molecule is CCN(CC(C)C(=O)OC)C(=O)c1ccccc1OCC(=O)Nc1ccccc1F. The molecule has 1 N–H and O–H groups in total. The van der Waals surface area contributed by atoms with Crippen molar-refractivity contribution in [3.8, 4) is 5.75 Å². The molecule has 30 heavy (non-hydrogen) atoms. The molecule has 0 radical (unpaired) electrons. The lowest BCUT2D eigenvalue weighted by Gasteiger charge is -2.24. The van der Waals surface area contributed by atoms with Crippen LogP contribution in [0, 0.1) is 11.7 Å². The second kappa shape index (κ2) is 10.9. The van der Waals surface area contributed by atoms with Gasteiger partial charge >= 0.3 is 5.97 Å². The second-order valence-corrected chi connectivity index (χ2v) is 6.58. The van der Waals surface area contributed by atoms with Gasteiger partial charge < -0.3 is 19.7 Å². The first kappa shape index (κ1) is 22.9. The van der Waals surface area contributed by atoms with E-state index in [4.69, 9.17) is 9.47 Å². The van der Waals surface area contributed by atoms with Gasteiger partial charge in [0.25, 0.3) is 11.8 Å². The van der Waals surface area contributed by atoms with Crippen LogP contribution in [0.2, 0.25) is 0 Å². The largest absolute Gasteiger partial charge is 0.483 e. The van der Waals surface area contributed by atoms with E-state index in [1.165, 1.54) is 30.2 Å². The second-order valence-electron chi connectivity index (χ2n) is 6.58. The molecule has 0 saturated heterocycles. The third-order valence-corrected chi connectivity index (χ3v) is 4.39. The Hall–Kier alpha value is -3.42. The molecule has 0 aliphatic carbocycles. The zero-order valence-electron chi connectivity index (χ0n) is 17.2. The summed E-state index contributed by atoms with van der Waals surface area (Å²) in [5, 5.41) is 2.42. The Bertz CT molecular complexity index is 903. The summed E-state index contributed by atoms with van der Waals surface area (Å²) in [5.41, 5.74) is 0.305. The van der Waals surface area contributed by atoms with Gasteiger partial charge in [-0.3, -0.25) is 14.4 Å². The van der Waals surface area contributed by atoms with Crippen LogP contribution in [0.25, 0.3) is 0 Å². The molecule has 7 nitrogen and oxygen atoms in total. The fourth-order valence-corrected chi connectivity index (χ4v) is 2.79. The maximum atomic E-state index is 13.7. The van der Waals surface area contributed by atoms with Crippen LogP contribution >= 0.6 is 0 Å². The van der Waals surface area contributed by atoms with Gasteiger partial charge in [-0.15, -0.1) is 0 Å². The molecular formula is C22H25FN2O5. The lowest BCUT2D eigenvalue weighted by atomic mass is 10.1. The Labute approximate surface area is 174 Å². The molecule has 0 aromatic heterocycles. The minimum atomic E-state index is -0.561. The number of nitrogens with one attached hydrogen (secondary N) is 1. The molecule has 8 heteroatoms. The van der Waals surface area contributed by atoms with Crippen molar-refractivity contribution in [1.29, 1.82) is 0 Å².